The zero-order chi connectivity index (χ0) is 22.3. The summed E-state index contributed by atoms with van der Waals surface area (Å²) in [5, 5.41) is 21.0. The largest absolute Gasteiger partial charge is 0.487 e. The molecule has 7 heteroatoms. The van der Waals surface area contributed by atoms with Crippen LogP contribution in [0.3, 0.4) is 0 Å². The van der Waals surface area contributed by atoms with Crippen molar-refractivity contribution in [1.29, 1.82) is 0 Å². The molecule has 7 nitrogen and oxygen atoms in total. The van der Waals surface area contributed by atoms with E-state index >= 15 is 0 Å². The van der Waals surface area contributed by atoms with Gasteiger partial charge in [-0.2, -0.15) is 0 Å². The van der Waals surface area contributed by atoms with Crippen LogP contribution in [0.1, 0.15) is 22.8 Å². The van der Waals surface area contributed by atoms with Gasteiger partial charge in [0.1, 0.15) is 12.4 Å². The number of hydrogen-bond acceptors (Lipinski definition) is 4. The Morgan fingerprint density at radius 2 is 1.94 bits per heavy atom. The fraction of sp³-hybridized carbons (Fsp3) is 0.200. The van der Waals surface area contributed by atoms with Crippen molar-refractivity contribution in [3.05, 3.63) is 95.9 Å². The van der Waals surface area contributed by atoms with Crippen molar-refractivity contribution in [3.8, 4) is 5.75 Å². The summed E-state index contributed by atoms with van der Waals surface area (Å²) in [5.41, 5.74) is 3.55. The summed E-state index contributed by atoms with van der Waals surface area (Å²) in [6.45, 7) is 0.705. The van der Waals surface area contributed by atoms with Crippen LogP contribution < -0.4 is 4.74 Å². The Morgan fingerprint density at radius 3 is 2.69 bits per heavy atom. The van der Waals surface area contributed by atoms with E-state index in [2.05, 4.69) is 9.97 Å². The van der Waals surface area contributed by atoms with Crippen molar-refractivity contribution < 1.29 is 19.7 Å². The maximum atomic E-state index is 11.7. The van der Waals surface area contributed by atoms with E-state index in [1.165, 1.54) is 4.90 Å². The normalized spacial score (nSPS) is 11.9. The van der Waals surface area contributed by atoms with Crippen LogP contribution in [0.5, 0.6) is 5.75 Å². The van der Waals surface area contributed by atoms with Crippen molar-refractivity contribution >= 4 is 17.0 Å². The van der Waals surface area contributed by atoms with Crippen LogP contribution in [-0.4, -0.2) is 44.3 Å². The monoisotopic (exact) mass is 431 g/mol. The van der Waals surface area contributed by atoms with E-state index in [1.54, 1.807) is 24.5 Å². The minimum atomic E-state index is -1.07. The van der Waals surface area contributed by atoms with Gasteiger partial charge in [0.25, 0.3) is 0 Å². The molecular formula is C25H25N3O4. The number of hydrogen-bond donors (Lipinski definition) is 3. The van der Waals surface area contributed by atoms with Crippen molar-refractivity contribution in [2.24, 2.45) is 0 Å². The van der Waals surface area contributed by atoms with Crippen LogP contribution in [0.2, 0.25) is 0 Å². The van der Waals surface area contributed by atoms with Gasteiger partial charge >= 0.3 is 6.09 Å². The number of fused-ring (bicyclic) bond motifs is 1. The number of pyridine rings is 1. The molecule has 1 amide bonds. The van der Waals surface area contributed by atoms with Crippen molar-refractivity contribution in [2.75, 3.05) is 13.1 Å². The van der Waals surface area contributed by atoms with Gasteiger partial charge in [0.15, 0.2) is 0 Å². The molecule has 2 aromatic heterocycles. The van der Waals surface area contributed by atoms with E-state index in [1.807, 2.05) is 54.7 Å². The molecule has 2 heterocycles. The number of rotatable bonds is 9. The molecule has 3 N–H and O–H groups in total. The second kappa shape index (κ2) is 9.98. The molecule has 0 bridgehead atoms. The van der Waals surface area contributed by atoms with Gasteiger partial charge in [-0.25, -0.2) is 4.79 Å². The van der Waals surface area contributed by atoms with Crippen molar-refractivity contribution in [1.82, 2.24) is 14.9 Å². The molecule has 0 aliphatic carbocycles. The Hall–Kier alpha value is -3.84. The van der Waals surface area contributed by atoms with Crippen molar-refractivity contribution in [2.45, 2.75) is 19.1 Å². The summed E-state index contributed by atoms with van der Waals surface area (Å²) in [6, 6.07) is 19.2. The number of carbonyl (C=O) groups is 1. The molecule has 1 atom stereocenters. The van der Waals surface area contributed by atoms with Gasteiger partial charge in [-0.05, 0) is 29.7 Å². The van der Waals surface area contributed by atoms with Gasteiger partial charge in [0, 0.05) is 36.1 Å². The van der Waals surface area contributed by atoms with Gasteiger partial charge in [-0.15, -0.1) is 0 Å². The van der Waals surface area contributed by atoms with Gasteiger partial charge in [-0.1, -0.05) is 48.5 Å². The molecule has 0 radical (unpaired) electrons. The predicted molar refractivity (Wildman–Crippen MR) is 122 cm³/mol. The molecule has 0 saturated carbocycles. The molecule has 0 fully saturated rings. The van der Waals surface area contributed by atoms with E-state index in [4.69, 9.17) is 4.74 Å². The molecule has 2 aromatic carbocycles. The molecule has 164 valence electrons. The quantitative estimate of drug-likeness (QED) is 0.365. The molecule has 0 spiro atoms. The minimum Gasteiger partial charge on any atom is -0.487 e. The molecule has 4 rings (SSSR count). The molecule has 4 aromatic rings. The van der Waals surface area contributed by atoms with Crippen LogP contribution in [0.15, 0.2) is 79.3 Å². The first-order valence-corrected chi connectivity index (χ1v) is 10.4. The van der Waals surface area contributed by atoms with Gasteiger partial charge in [0.05, 0.1) is 18.2 Å². The second-order valence-electron chi connectivity index (χ2n) is 7.55. The molecular weight excluding hydrogens is 406 g/mol. The predicted octanol–water partition coefficient (Wildman–Crippen LogP) is 4.40. The summed E-state index contributed by atoms with van der Waals surface area (Å²) >= 11 is 0. The SMILES string of the molecule is O=C(O)N(CCc1c[nH]c2c(OCc3ccccc3)cccc12)C[C@@H](O)c1cccnc1. The lowest BCUT2D eigenvalue weighted by Gasteiger charge is -2.22. The van der Waals surface area contributed by atoms with Crippen LogP contribution in [0.4, 0.5) is 4.79 Å². The average molecular weight is 431 g/mol. The fourth-order valence-corrected chi connectivity index (χ4v) is 3.65. The maximum Gasteiger partial charge on any atom is 0.407 e. The summed E-state index contributed by atoms with van der Waals surface area (Å²) in [4.78, 5) is 20.2. The van der Waals surface area contributed by atoms with Gasteiger partial charge < -0.3 is 24.8 Å². The Kier molecular flexibility index (Phi) is 6.67. The van der Waals surface area contributed by atoms with E-state index < -0.39 is 12.2 Å². The highest BCUT2D eigenvalue weighted by molar-refractivity contribution is 5.88. The highest BCUT2D eigenvalue weighted by Crippen LogP contribution is 2.28. The lowest BCUT2D eigenvalue weighted by atomic mass is 10.1. The number of para-hydroxylation sites is 1. The molecule has 0 unspecified atom stereocenters. The third kappa shape index (κ3) is 5.07. The topological polar surface area (TPSA) is 98.7 Å². The lowest BCUT2D eigenvalue weighted by molar-refractivity contribution is 0.0971. The summed E-state index contributed by atoms with van der Waals surface area (Å²) in [5.74, 6) is 0.750. The zero-order valence-corrected chi connectivity index (χ0v) is 17.5. The average Bonchev–Trinajstić information content (AvgIpc) is 3.25. The molecule has 0 saturated heterocycles. The maximum absolute atomic E-state index is 11.7. The molecule has 0 aliphatic heterocycles. The standard InChI is InChI=1S/C25H25N3O4/c29-22(20-8-5-12-26-14-20)16-28(25(30)31)13-11-19-15-27-24-21(19)9-4-10-23(24)32-17-18-6-2-1-3-7-18/h1-10,12,14-15,22,27,29H,11,13,16-17H2,(H,30,31)/t22-/m1/s1. The number of nitrogens with one attached hydrogen (secondary N) is 1. The third-order valence-electron chi connectivity index (χ3n) is 5.38. The Labute approximate surface area is 185 Å². The first kappa shape index (κ1) is 21.4. The number of H-pyrrole nitrogens is 1. The van der Waals surface area contributed by atoms with Crippen LogP contribution in [0, 0.1) is 0 Å². The van der Waals surface area contributed by atoms with Crippen molar-refractivity contribution in [3.63, 3.8) is 0 Å². The number of nitrogens with zero attached hydrogens (tertiary/aromatic N) is 2. The Morgan fingerprint density at radius 1 is 1.09 bits per heavy atom. The first-order valence-electron chi connectivity index (χ1n) is 10.4. The number of ether oxygens (including phenoxy) is 1. The molecule has 32 heavy (non-hydrogen) atoms. The van der Waals surface area contributed by atoms with E-state index in [9.17, 15) is 15.0 Å². The zero-order valence-electron chi connectivity index (χ0n) is 17.5. The highest BCUT2D eigenvalue weighted by atomic mass is 16.5. The Bertz CT molecular complexity index is 1160. The van der Waals surface area contributed by atoms with Crippen LogP contribution in [0.25, 0.3) is 10.9 Å². The smallest absolute Gasteiger partial charge is 0.407 e. The number of aromatic nitrogens is 2. The third-order valence-corrected chi connectivity index (χ3v) is 5.38. The van der Waals surface area contributed by atoms with Crippen LogP contribution in [-0.2, 0) is 13.0 Å². The molecule has 0 aliphatic rings. The summed E-state index contributed by atoms with van der Waals surface area (Å²) in [6.07, 6.45) is 3.55. The Balaban J connectivity index is 1.43. The number of carboxylic acid groups (broad SMARTS) is 1. The second-order valence-corrected chi connectivity index (χ2v) is 7.55. The number of amides is 1. The fourth-order valence-electron chi connectivity index (χ4n) is 3.65. The summed E-state index contributed by atoms with van der Waals surface area (Å²) in [7, 11) is 0. The summed E-state index contributed by atoms with van der Waals surface area (Å²) < 4.78 is 6.01. The number of aliphatic hydroxyl groups is 1. The van der Waals surface area contributed by atoms with Gasteiger partial charge in [-0.3, -0.25) is 4.98 Å². The van der Waals surface area contributed by atoms with E-state index in [-0.39, 0.29) is 13.1 Å². The highest BCUT2D eigenvalue weighted by Gasteiger charge is 2.19. The number of benzene rings is 2. The lowest BCUT2D eigenvalue weighted by Crippen LogP contribution is -2.35. The first-order chi connectivity index (χ1) is 15.6. The minimum absolute atomic E-state index is 0.0190. The number of aromatic amines is 1. The van der Waals surface area contributed by atoms with Gasteiger partial charge in [0.2, 0.25) is 0 Å². The van der Waals surface area contributed by atoms with E-state index in [0.29, 0.717) is 18.6 Å². The van der Waals surface area contributed by atoms with E-state index in [0.717, 1.165) is 27.8 Å². The number of aliphatic hydroxyl groups excluding tert-OH is 1. The van der Waals surface area contributed by atoms with Crippen LogP contribution >= 0.6 is 0 Å².